The lowest BCUT2D eigenvalue weighted by Gasteiger charge is -2.12. The van der Waals surface area contributed by atoms with Crippen molar-refractivity contribution in [2.75, 3.05) is 0 Å². The van der Waals surface area contributed by atoms with Crippen molar-refractivity contribution < 1.29 is 0 Å². The third kappa shape index (κ3) is 4.19. The maximum absolute atomic E-state index is 9.31. The normalized spacial score (nSPS) is 12.3. The average molecular weight is 284 g/mol. The fourth-order valence-electron chi connectivity index (χ4n) is 2.17. The zero-order valence-electron chi connectivity index (χ0n) is 12.0. The van der Waals surface area contributed by atoms with Gasteiger partial charge in [-0.05, 0) is 34.9 Å². The molecule has 1 heterocycles. The number of benzene rings is 1. The highest BCUT2D eigenvalue weighted by Crippen LogP contribution is 2.17. The molecule has 0 fully saturated rings. The molecule has 0 saturated carbocycles. The Morgan fingerprint density at radius 3 is 2.50 bits per heavy atom. The molecule has 3 heteroatoms. The fourth-order valence-corrected chi connectivity index (χ4v) is 2.83. The molecule has 2 rings (SSSR count). The van der Waals surface area contributed by atoms with Crippen LogP contribution in [0.3, 0.4) is 0 Å². The molecule has 0 amide bonds. The average Bonchev–Trinajstić information content (AvgIpc) is 2.94. The number of nitrogens with zero attached hydrogens (tertiary/aromatic N) is 1. The lowest BCUT2D eigenvalue weighted by molar-refractivity contribution is 0.632. The summed E-state index contributed by atoms with van der Waals surface area (Å²) in [6.45, 7) is 5.17. The Morgan fingerprint density at radius 2 is 1.95 bits per heavy atom. The summed E-state index contributed by atoms with van der Waals surface area (Å²) in [7, 11) is 0. The minimum atomic E-state index is -0.245. The van der Waals surface area contributed by atoms with Gasteiger partial charge in [0.25, 0.3) is 0 Å². The van der Waals surface area contributed by atoms with Crippen molar-refractivity contribution in [1.29, 1.82) is 5.26 Å². The third-order valence-electron chi connectivity index (χ3n) is 3.15. The highest BCUT2D eigenvalue weighted by molar-refractivity contribution is 7.09. The molecule has 1 aromatic carbocycles. The summed E-state index contributed by atoms with van der Waals surface area (Å²) >= 11 is 1.71. The molecule has 1 N–H and O–H groups in total. The predicted octanol–water partition coefficient (Wildman–Crippen LogP) is 4.30. The van der Waals surface area contributed by atoms with Crippen LogP contribution in [-0.4, -0.2) is 0 Å². The molecule has 0 aliphatic heterocycles. The summed E-state index contributed by atoms with van der Waals surface area (Å²) in [5.41, 5.74) is 2.37. The highest BCUT2D eigenvalue weighted by atomic mass is 32.1. The van der Waals surface area contributed by atoms with Crippen LogP contribution in [0, 0.1) is 17.2 Å². The monoisotopic (exact) mass is 284 g/mol. The lowest BCUT2D eigenvalue weighted by Crippen LogP contribution is -2.18. The minimum absolute atomic E-state index is 0.245. The minimum Gasteiger partial charge on any atom is -0.293 e. The molecule has 2 aromatic rings. The summed E-state index contributed by atoms with van der Waals surface area (Å²) < 4.78 is 0. The molecule has 1 aromatic heterocycles. The van der Waals surface area contributed by atoms with E-state index in [0.29, 0.717) is 5.92 Å². The molecular weight excluding hydrogens is 264 g/mol. The largest absolute Gasteiger partial charge is 0.293 e. The number of rotatable bonds is 6. The van der Waals surface area contributed by atoms with E-state index in [1.807, 2.05) is 6.07 Å². The summed E-state index contributed by atoms with van der Waals surface area (Å²) in [6, 6.07) is 14.6. The molecule has 0 aliphatic rings. The van der Waals surface area contributed by atoms with Crippen LogP contribution in [0.2, 0.25) is 0 Å². The van der Waals surface area contributed by atoms with Crippen molar-refractivity contribution in [3.63, 3.8) is 0 Å². The predicted molar refractivity (Wildman–Crippen MR) is 84.5 cm³/mol. The smallest absolute Gasteiger partial charge is 0.121 e. The number of hydrogen-bond donors (Lipinski definition) is 1. The van der Waals surface area contributed by atoms with Crippen molar-refractivity contribution in [3.05, 3.63) is 57.8 Å². The van der Waals surface area contributed by atoms with Gasteiger partial charge in [-0.1, -0.05) is 44.2 Å². The first-order chi connectivity index (χ1) is 9.69. The molecule has 104 valence electrons. The highest BCUT2D eigenvalue weighted by Gasteiger charge is 2.10. The second-order valence-electron chi connectivity index (χ2n) is 5.36. The maximum atomic E-state index is 9.31. The Bertz CT molecular complexity index is 550. The van der Waals surface area contributed by atoms with Crippen LogP contribution in [-0.2, 0) is 13.0 Å². The van der Waals surface area contributed by atoms with Crippen molar-refractivity contribution in [3.8, 4) is 6.07 Å². The van der Waals surface area contributed by atoms with Gasteiger partial charge in [0.1, 0.15) is 6.04 Å². The van der Waals surface area contributed by atoms with Gasteiger partial charge < -0.3 is 0 Å². The standard InChI is InChI=1S/C17H20N2S/c1-13(2)10-14-5-7-15(8-6-14)17(11-18)19-12-16-4-3-9-20-16/h3-9,13,17,19H,10,12H2,1-2H3. The Balaban J connectivity index is 1.98. The van der Waals surface area contributed by atoms with Gasteiger partial charge in [-0.3, -0.25) is 5.32 Å². The first kappa shape index (κ1) is 14.8. The number of hydrogen-bond acceptors (Lipinski definition) is 3. The third-order valence-corrected chi connectivity index (χ3v) is 4.02. The number of nitriles is 1. The van der Waals surface area contributed by atoms with Crippen molar-refractivity contribution in [1.82, 2.24) is 5.32 Å². The molecule has 0 bridgehead atoms. The van der Waals surface area contributed by atoms with E-state index in [0.717, 1.165) is 18.5 Å². The summed E-state index contributed by atoms with van der Waals surface area (Å²) in [5, 5.41) is 14.7. The molecule has 1 unspecified atom stereocenters. The van der Waals surface area contributed by atoms with Crippen LogP contribution in [0.15, 0.2) is 41.8 Å². The van der Waals surface area contributed by atoms with Gasteiger partial charge in [0.2, 0.25) is 0 Å². The lowest BCUT2D eigenvalue weighted by atomic mass is 10.00. The Kier molecular flexibility index (Phi) is 5.34. The zero-order valence-corrected chi connectivity index (χ0v) is 12.8. The van der Waals surface area contributed by atoms with Crippen molar-refractivity contribution in [2.24, 2.45) is 5.92 Å². The van der Waals surface area contributed by atoms with Gasteiger partial charge in [-0.15, -0.1) is 11.3 Å². The molecule has 0 spiro atoms. The van der Waals surface area contributed by atoms with E-state index >= 15 is 0 Å². The van der Waals surface area contributed by atoms with E-state index in [1.165, 1.54) is 10.4 Å². The first-order valence-corrected chi connectivity index (χ1v) is 7.81. The Morgan fingerprint density at radius 1 is 1.20 bits per heavy atom. The van der Waals surface area contributed by atoms with Gasteiger partial charge in [0.05, 0.1) is 6.07 Å². The summed E-state index contributed by atoms with van der Waals surface area (Å²) in [4.78, 5) is 1.25. The number of thiophene rings is 1. The van der Waals surface area contributed by atoms with Gasteiger partial charge in [-0.25, -0.2) is 0 Å². The topological polar surface area (TPSA) is 35.8 Å². The molecule has 0 radical (unpaired) electrons. The molecule has 0 aliphatic carbocycles. The fraction of sp³-hybridized carbons (Fsp3) is 0.353. The second-order valence-corrected chi connectivity index (χ2v) is 6.39. The van der Waals surface area contributed by atoms with Crippen LogP contribution in [0.4, 0.5) is 0 Å². The van der Waals surface area contributed by atoms with E-state index in [9.17, 15) is 5.26 Å². The van der Waals surface area contributed by atoms with Crippen LogP contribution < -0.4 is 5.32 Å². The SMILES string of the molecule is CC(C)Cc1ccc(C(C#N)NCc2cccs2)cc1. The summed E-state index contributed by atoms with van der Waals surface area (Å²) in [6.07, 6.45) is 1.08. The van der Waals surface area contributed by atoms with E-state index in [2.05, 4.69) is 60.9 Å². The molecule has 1 atom stereocenters. The van der Waals surface area contributed by atoms with Crippen LogP contribution in [0.25, 0.3) is 0 Å². The maximum Gasteiger partial charge on any atom is 0.121 e. The van der Waals surface area contributed by atoms with E-state index in [4.69, 9.17) is 0 Å². The van der Waals surface area contributed by atoms with E-state index in [1.54, 1.807) is 11.3 Å². The van der Waals surface area contributed by atoms with Crippen LogP contribution >= 0.6 is 11.3 Å². The van der Waals surface area contributed by atoms with E-state index < -0.39 is 0 Å². The van der Waals surface area contributed by atoms with E-state index in [-0.39, 0.29) is 6.04 Å². The first-order valence-electron chi connectivity index (χ1n) is 6.93. The van der Waals surface area contributed by atoms with Gasteiger partial charge in [0.15, 0.2) is 0 Å². The van der Waals surface area contributed by atoms with Gasteiger partial charge in [-0.2, -0.15) is 5.26 Å². The number of nitrogens with one attached hydrogen (secondary N) is 1. The van der Waals surface area contributed by atoms with Crippen molar-refractivity contribution in [2.45, 2.75) is 32.9 Å². The van der Waals surface area contributed by atoms with Gasteiger partial charge >= 0.3 is 0 Å². The zero-order chi connectivity index (χ0) is 14.4. The Labute approximate surface area is 125 Å². The second kappa shape index (κ2) is 7.23. The van der Waals surface area contributed by atoms with Crippen LogP contribution in [0.1, 0.15) is 35.9 Å². The van der Waals surface area contributed by atoms with Crippen LogP contribution in [0.5, 0.6) is 0 Å². The molecule has 20 heavy (non-hydrogen) atoms. The molecule has 2 nitrogen and oxygen atoms in total. The quantitative estimate of drug-likeness (QED) is 0.858. The Hall–Kier alpha value is -1.63. The summed E-state index contributed by atoms with van der Waals surface area (Å²) in [5.74, 6) is 0.657. The molecule has 0 saturated heterocycles. The van der Waals surface area contributed by atoms with Gasteiger partial charge in [0, 0.05) is 11.4 Å². The molecular formula is C17H20N2S. The van der Waals surface area contributed by atoms with Crippen molar-refractivity contribution >= 4 is 11.3 Å².